The zero-order chi connectivity index (χ0) is 19.7. The molecule has 8 nitrogen and oxygen atoms in total. The summed E-state index contributed by atoms with van der Waals surface area (Å²) in [5.74, 6) is -1.08. The zero-order valence-electron chi connectivity index (χ0n) is 15.2. The van der Waals surface area contributed by atoms with Crippen LogP contribution in [-0.4, -0.2) is 58.1 Å². The molecule has 2 aromatic heterocycles. The highest BCUT2D eigenvalue weighted by atomic mass is 19.4. The van der Waals surface area contributed by atoms with Crippen LogP contribution in [-0.2, 0) is 15.7 Å². The van der Waals surface area contributed by atoms with Gasteiger partial charge in [0.25, 0.3) is 5.82 Å². The fourth-order valence-electron chi connectivity index (χ4n) is 3.69. The Labute approximate surface area is 159 Å². The lowest BCUT2D eigenvalue weighted by Gasteiger charge is -2.32. The number of nitrogens with one attached hydrogen (secondary N) is 1. The standard InChI is InChI=1S/C17H21F3N6O2/c18-17(19,20)16-23-22-13-5-6-14(24-26(13)16)25-7-1-3-11(10-25)15(27)21-9-12-4-2-8-28-12/h5-6,11-12H,1-4,7-10H2,(H,21,27)/t11-,12-/m0/s1. The molecule has 1 amide bonds. The number of carbonyl (C=O) groups is 1. The number of rotatable bonds is 4. The van der Waals surface area contributed by atoms with Crippen molar-refractivity contribution < 1.29 is 22.7 Å². The minimum atomic E-state index is -4.64. The van der Waals surface area contributed by atoms with Crippen molar-refractivity contribution in [2.75, 3.05) is 31.1 Å². The summed E-state index contributed by atoms with van der Waals surface area (Å²) < 4.78 is 45.4. The van der Waals surface area contributed by atoms with Crippen molar-refractivity contribution in [1.29, 1.82) is 0 Å². The molecular weight excluding hydrogens is 377 g/mol. The molecule has 28 heavy (non-hydrogen) atoms. The van der Waals surface area contributed by atoms with Crippen molar-refractivity contribution in [2.45, 2.75) is 38.0 Å². The number of hydrogen-bond acceptors (Lipinski definition) is 6. The molecule has 4 rings (SSSR count). The molecule has 2 aromatic rings. The minimum Gasteiger partial charge on any atom is -0.376 e. The maximum atomic E-state index is 13.1. The van der Waals surface area contributed by atoms with Crippen molar-refractivity contribution in [3.05, 3.63) is 18.0 Å². The number of ether oxygens (including phenoxy) is 1. The summed E-state index contributed by atoms with van der Waals surface area (Å²) >= 11 is 0. The smallest absolute Gasteiger partial charge is 0.376 e. The molecule has 4 heterocycles. The van der Waals surface area contributed by atoms with Crippen LogP contribution in [0, 0.1) is 5.92 Å². The fourth-order valence-corrected chi connectivity index (χ4v) is 3.69. The first-order valence-corrected chi connectivity index (χ1v) is 9.36. The number of aromatic nitrogens is 4. The van der Waals surface area contributed by atoms with Crippen molar-refractivity contribution in [2.24, 2.45) is 5.92 Å². The molecule has 0 aromatic carbocycles. The third-order valence-electron chi connectivity index (χ3n) is 5.15. The number of alkyl halides is 3. The van der Waals surface area contributed by atoms with E-state index in [1.165, 1.54) is 6.07 Å². The molecule has 0 spiro atoms. The van der Waals surface area contributed by atoms with Crippen LogP contribution in [0.1, 0.15) is 31.5 Å². The molecule has 2 saturated heterocycles. The topological polar surface area (TPSA) is 84.6 Å². The number of piperidine rings is 1. The predicted molar refractivity (Wildman–Crippen MR) is 92.7 cm³/mol. The summed E-state index contributed by atoms with van der Waals surface area (Å²) in [5.41, 5.74) is 0.0268. The molecule has 0 unspecified atom stereocenters. The molecule has 0 bridgehead atoms. The summed E-state index contributed by atoms with van der Waals surface area (Å²) in [6.07, 6.45) is -1.13. The van der Waals surface area contributed by atoms with E-state index in [0.29, 0.717) is 30.0 Å². The van der Waals surface area contributed by atoms with E-state index in [1.807, 2.05) is 4.90 Å². The predicted octanol–water partition coefficient (Wildman–Crippen LogP) is 1.65. The Kier molecular flexibility index (Phi) is 5.09. The van der Waals surface area contributed by atoms with Crippen molar-refractivity contribution in [3.63, 3.8) is 0 Å². The van der Waals surface area contributed by atoms with E-state index >= 15 is 0 Å². The Bertz CT molecular complexity index is 849. The normalized spacial score (nSPS) is 23.3. The molecular formula is C17H21F3N6O2. The van der Waals surface area contributed by atoms with Gasteiger partial charge in [-0.3, -0.25) is 4.79 Å². The average Bonchev–Trinajstić information content (AvgIpc) is 3.34. The number of fused-ring (bicyclic) bond motifs is 1. The summed E-state index contributed by atoms with van der Waals surface area (Å²) in [6, 6.07) is 3.06. The summed E-state index contributed by atoms with van der Waals surface area (Å²) in [6.45, 7) is 2.25. The van der Waals surface area contributed by atoms with Crippen LogP contribution in [0.3, 0.4) is 0 Å². The van der Waals surface area contributed by atoms with E-state index in [0.717, 1.165) is 32.3 Å². The maximum Gasteiger partial charge on any atom is 0.453 e. The van der Waals surface area contributed by atoms with Gasteiger partial charge < -0.3 is 15.0 Å². The van der Waals surface area contributed by atoms with Crippen LogP contribution in [0.25, 0.3) is 5.65 Å². The zero-order valence-corrected chi connectivity index (χ0v) is 15.2. The van der Waals surface area contributed by atoms with E-state index in [9.17, 15) is 18.0 Å². The number of carbonyl (C=O) groups excluding carboxylic acids is 1. The lowest BCUT2D eigenvalue weighted by Crippen LogP contribution is -2.45. The van der Waals surface area contributed by atoms with Crippen LogP contribution < -0.4 is 10.2 Å². The van der Waals surface area contributed by atoms with Gasteiger partial charge in [0.1, 0.15) is 5.82 Å². The highest BCUT2D eigenvalue weighted by Gasteiger charge is 2.38. The Balaban J connectivity index is 1.45. The number of amides is 1. The Morgan fingerprint density at radius 3 is 2.86 bits per heavy atom. The van der Waals surface area contributed by atoms with Gasteiger partial charge in [-0.2, -0.15) is 17.7 Å². The van der Waals surface area contributed by atoms with Crippen LogP contribution in [0.2, 0.25) is 0 Å². The van der Waals surface area contributed by atoms with Gasteiger partial charge in [0.2, 0.25) is 5.91 Å². The third-order valence-corrected chi connectivity index (χ3v) is 5.15. The van der Waals surface area contributed by atoms with E-state index in [2.05, 4.69) is 20.6 Å². The second-order valence-corrected chi connectivity index (χ2v) is 7.15. The van der Waals surface area contributed by atoms with E-state index in [-0.39, 0.29) is 23.6 Å². The number of nitrogens with zero attached hydrogens (tertiary/aromatic N) is 5. The molecule has 2 aliphatic rings. The highest BCUT2D eigenvalue weighted by molar-refractivity contribution is 5.79. The monoisotopic (exact) mass is 398 g/mol. The van der Waals surface area contributed by atoms with Gasteiger partial charge >= 0.3 is 6.18 Å². The molecule has 152 valence electrons. The van der Waals surface area contributed by atoms with Gasteiger partial charge in [0, 0.05) is 26.2 Å². The molecule has 11 heteroatoms. The molecule has 1 N–H and O–H groups in total. The molecule has 0 radical (unpaired) electrons. The average molecular weight is 398 g/mol. The van der Waals surface area contributed by atoms with E-state index in [1.54, 1.807) is 6.07 Å². The van der Waals surface area contributed by atoms with E-state index in [4.69, 9.17) is 4.74 Å². The summed E-state index contributed by atoms with van der Waals surface area (Å²) in [7, 11) is 0. The summed E-state index contributed by atoms with van der Waals surface area (Å²) in [4.78, 5) is 14.3. The molecule has 0 aliphatic carbocycles. The van der Waals surface area contributed by atoms with Crippen molar-refractivity contribution in [3.8, 4) is 0 Å². The van der Waals surface area contributed by atoms with Gasteiger partial charge in [0.15, 0.2) is 5.65 Å². The number of halogens is 3. The SMILES string of the molecule is O=C(NC[C@@H]1CCCO1)[C@H]1CCCN(c2ccc3nnc(C(F)(F)F)n3n2)C1. The fraction of sp³-hybridized carbons (Fsp3) is 0.647. The largest absolute Gasteiger partial charge is 0.453 e. The van der Waals surface area contributed by atoms with Crippen LogP contribution in [0.4, 0.5) is 19.0 Å². The van der Waals surface area contributed by atoms with Gasteiger partial charge in [0.05, 0.1) is 12.0 Å². The molecule has 2 fully saturated rings. The Morgan fingerprint density at radius 1 is 1.25 bits per heavy atom. The molecule has 2 aliphatic heterocycles. The lowest BCUT2D eigenvalue weighted by atomic mass is 9.97. The first kappa shape index (κ1) is 18.9. The number of hydrogen-bond donors (Lipinski definition) is 1. The first-order chi connectivity index (χ1) is 13.4. The van der Waals surface area contributed by atoms with E-state index < -0.39 is 12.0 Å². The van der Waals surface area contributed by atoms with Crippen molar-refractivity contribution in [1.82, 2.24) is 25.1 Å². The van der Waals surface area contributed by atoms with Crippen molar-refractivity contribution >= 4 is 17.4 Å². The molecule has 2 atom stereocenters. The molecule has 0 saturated carbocycles. The lowest BCUT2D eigenvalue weighted by molar-refractivity contribution is -0.146. The second-order valence-electron chi connectivity index (χ2n) is 7.15. The van der Waals surface area contributed by atoms with Gasteiger partial charge in [-0.05, 0) is 37.8 Å². The van der Waals surface area contributed by atoms with Gasteiger partial charge in [-0.25, -0.2) is 0 Å². The Hall–Kier alpha value is -2.43. The first-order valence-electron chi connectivity index (χ1n) is 9.36. The van der Waals surface area contributed by atoms with Gasteiger partial charge in [-0.1, -0.05) is 0 Å². The van der Waals surface area contributed by atoms with Crippen LogP contribution in [0.15, 0.2) is 12.1 Å². The summed E-state index contributed by atoms with van der Waals surface area (Å²) in [5, 5.41) is 13.7. The minimum absolute atomic E-state index is 0.0268. The maximum absolute atomic E-state index is 13.1. The second kappa shape index (κ2) is 7.53. The van der Waals surface area contributed by atoms with Gasteiger partial charge in [-0.15, -0.1) is 15.3 Å². The highest BCUT2D eigenvalue weighted by Crippen LogP contribution is 2.28. The van der Waals surface area contributed by atoms with Crippen LogP contribution in [0.5, 0.6) is 0 Å². The number of anilines is 1. The van der Waals surface area contributed by atoms with Crippen LogP contribution >= 0.6 is 0 Å². The third kappa shape index (κ3) is 3.89. The Morgan fingerprint density at radius 2 is 2.11 bits per heavy atom. The quantitative estimate of drug-likeness (QED) is 0.843.